The van der Waals surface area contributed by atoms with Gasteiger partial charge in [0.25, 0.3) is 0 Å². The number of nitrogens with zero attached hydrogens (tertiary/aromatic N) is 3. The molecule has 3 heterocycles. The Kier molecular flexibility index (Phi) is 4.58. The number of aromatic amines is 1. The molecule has 5 nitrogen and oxygen atoms in total. The van der Waals surface area contributed by atoms with Gasteiger partial charge in [0.2, 0.25) is 0 Å². The number of H-pyrrole nitrogens is 1. The fourth-order valence-corrected chi connectivity index (χ4v) is 4.56. The Balaban J connectivity index is 2.06. The first-order valence-corrected chi connectivity index (χ1v) is 9.39. The number of halogens is 2. The van der Waals surface area contributed by atoms with Crippen molar-refractivity contribution in [2.75, 3.05) is 5.73 Å². The Labute approximate surface area is 169 Å². The largest absolute Gasteiger partial charge is 0.384 e. The Morgan fingerprint density at radius 1 is 1.07 bits per heavy atom. The molecule has 0 fully saturated rings. The van der Waals surface area contributed by atoms with Crippen LogP contribution in [-0.2, 0) is 0 Å². The highest BCUT2D eigenvalue weighted by molar-refractivity contribution is 7.19. The lowest BCUT2D eigenvalue weighted by atomic mass is 9.98. The van der Waals surface area contributed by atoms with Crippen molar-refractivity contribution in [1.82, 2.24) is 15.0 Å². The predicted octanol–water partition coefficient (Wildman–Crippen LogP) is 5.63. The molecule has 3 N–H and O–H groups in total. The minimum Gasteiger partial charge on any atom is -0.384 e. The van der Waals surface area contributed by atoms with Crippen molar-refractivity contribution < 1.29 is 0 Å². The second-order valence-corrected chi connectivity index (χ2v) is 7.52. The number of benzene rings is 1. The summed E-state index contributed by atoms with van der Waals surface area (Å²) in [4.78, 5) is 13.1. The third kappa shape index (κ3) is 3.17. The predicted molar refractivity (Wildman–Crippen MR) is 110 cm³/mol. The third-order valence-corrected chi connectivity index (χ3v) is 5.77. The number of hydrogen-bond donors (Lipinski definition) is 2. The van der Waals surface area contributed by atoms with Gasteiger partial charge in [-0.15, -0.1) is 11.3 Å². The smallest absolute Gasteiger partial charge is 0.148 e. The van der Waals surface area contributed by atoms with Crippen LogP contribution in [0.2, 0.25) is 10.0 Å². The molecule has 0 aliphatic heterocycles. The molecule has 0 radical (unpaired) electrons. The first kappa shape index (κ1) is 17.6. The molecule has 1 aromatic carbocycles. The molecular formula is C19H11Cl2N5S. The number of nitriles is 1. The molecule has 0 spiro atoms. The molecule has 27 heavy (non-hydrogen) atoms. The molecule has 0 saturated carbocycles. The number of pyridine rings is 1. The minimum atomic E-state index is 0.385. The molecular weight excluding hydrogens is 401 g/mol. The molecule has 0 aliphatic rings. The van der Waals surface area contributed by atoms with Gasteiger partial charge in [0.15, 0.2) is 0 Å². The maximum Gasteiger partial charge on any atom is 0.148 e. The summed E-state index contributed by atoms with van der Waals surface area (Å²) in [6.07, 6.45) is 5.02. The molecule has 0 saturated heterocycles. The van der Waals surface area contributed by atoms with Crippen molar-refractivity contribution in [2.45, 2.75) is 0 Å². The van der Waals surface area contributed by atoms with E-state index >= 15 is 0 Å². The zero-order valence-electron chi connectivity index (χ0n) is 13.7. The lowest BCUT2D eigenvalue weighted by Crippen LogP contribution is -1.90. The van der Waals surface area contributed by atoms with Crippen LogP contribution in [0.1, 0.15) is 5.56 Å². The van der Waals surface area contributed by atoms with E-state index in [-0.39, 0.29) is 0 Å². The highest BCUT2D eigenvalue weighted by atomic mass is 35.5. The summed E-state index contributed by atoms with van der Waals surface area (Å²) in [5.41, 5.74) is 8.58. The van der Waals surface area contributed by atoms with Crippen LogP contribution in [0.4, 0.5) is 5.82 Å². The van der Waals surface area contributed by atoms with Crippen LogP contribution >= 0.6 is 34.5 Å². The number of imidazole rings is 1. The van der Waals surface area contributed by atoms with E-state index in [0.717, 1.165) is 15.3 Å². The number of thiophene rings is 1. The summed E-state index contributed by atoms with van der Waals surface area (Å²) in [5.74, 6) is 1.04. The lowest BCUT2D eigenvalue weighted by molar-refractivity contribution is 1.33. The number of nitrogens with one attached hydrogen (secondary N) is 1. The zero-order chi connectivity index (χ0) is 19.0. The second kappa shape index (κ2) is 7.05. The summed E-state index contributed by atoms with van der Waals surface area (Å²) in [6, 6.07) is 11.1. The van der Waals surface area contributed by atoms with Crippen LogP contribution in [0, 0.1) is 11.3 Å². The van der Waals surface area contributed by atoms with Gasteiger partial charge in [-0.25, -0.2) is 9.97 Å². The SMILES string of the molecule is N#Cc1c(-c2ccnc(N)c2)sc(-c2ncc[nH]2)c1-c1ccc(Cl)cc1Cl. The van der Waals surface area contributed by atoms with E-state index < -0.39 is 0 Å². The van der Waals surface area contributed by atoms with E-state index in [1.165, 1.54) is 11.3 Å². The molecule has 0 aliphatic carbocycles. The lowest BCUT2D eigenvalue weighted by Gasteiger charge is -2.07. The average Bonchev–Trinajstić information content (AvgIpc) is 3.29. The van der Waals surface area contributed by atoms with E-state index in [4.69, 9.17) is 28.9 Å². The number of hydrogen-bond acceptors (Lipinski definition) is 5. The van der Waals surface area contributed by atoms with Gasteiger partial charge in [0, 0.05) is 39.8 Å². The third-order valence-electron chi connectivity index (χ3n) is 3.98. The van der Waals surface area contributed by atoms with Crippen molar-refractivity contribution in [2.24, 2.45) is 0 Å². The van der Waals surface area contributed by atoms with Gasteiger partial charge in [-0.3, -0.25) is 0 Å². The number of aromatic nitrogens is 3. The number of anilines is 1. The summed E-state index contributed by atoms with van der Waals surface area (Å²) in [7, 11) is 0. The van der Waals surface area contributed by atoms with Gasteiger partial charge in [-0.05, 0) is 29.8 Å². The Hall–Kier alpha value is -2.85. The van der Waals surface area contributed by atoms with Crippen molar-refractivity contribution in [3.05, 3.63) is 64.5 Å². The zero-order valence-corrected chi connectivity index (χ0v) is 16.0. The quantitative estimate of drug-likeness (QED) is 0.456. The maximum absolute atomic E-state index is 9.96. The van der Waals surface area contributed by atoms with Crippen LogP contribution in [-0.4, -0.2) is 15.0 Å². The van der Waals surface area contributed by atoms with Gasteiger partial charge in [-0.1, -0.05) is 29.3 Å². The average molecular weight is 412 g/mol. The van der Waals surface area contributed by atoms with Gasteiger partial charge in [0.05, 0.1) is 15.3 Å². The van der Waals surface area contributed by atoms with Crippen LogP contribution < -0.4 is 5.73 Å². The summed E-state index contributed by atoms with van der Waals surface area (Å²) < 4.78 is 0. The number of nitrogens with two attached hydrogens (primary N) is 1. The van der Waals surface area contributed by atoms with Crippen molar-refractivity contribution in [3.8, 4) is 38.3 Å². The van der Waals surface area contributed by atoms with Crippen LogP contribution in [0.5, 0.6) is 0 Å². The first-order chi connectivity index (χ1) is 13.1. The summed E-state index contributed by atoms with van der Waals surface area (Å²) in [6.45, 7) is 0. The van der Waals surface area contributed by atoms with Crippen molar-refractivity contribution in [1.29, 1.82) is 5.26 Å². The summed E-state index contributed by atoms with van der Waals surface area (Å²) >= 11 is 14.0. The number of rotatable bonds is 3. The van der Waals surface area contributed by atoms with Crippen LogP contribution in [0.3, 0.4) is 0 Å². The van der Waals surface area contributed by atoms with Crippen molar-refractivity contribution in [3.63, 3.8) is 0 Å². The fraction of sp³-hybridized carbons (Fsp3) is 0. The molecule has 0 bridgehead atoms. The van der Waals surface area contributed by atoms with Crippen LogP contribution in [0.15, 0.2) is 48.9 Å². The fourth-order valence-electron chi connectivity index (χ4n) is 2.84. The molecule has 0 unspecified atom stereocenters. The van der Waals surface area contributed by atoms with Crippen LogP contribution in [0.25, 0.3) is 32.3 Å². The normalized spacial score (nSPS) is 10.7. The topological polar surface area (TPSA) is 91.4 Å². The monoisotopic (exact) mass is 411 g/mol. The summed E-state index contributed by atoms with van der Waals surface area (Å²) in [5, 5.41) is 10.9. The van der Waals surface area contributed by atoms with E-state index in [2.05, 4.69) is 21.0 Å². The highest BCUT2D eigenvalue weighted by Gasteiger charge is 2.24. The molecule has 8 heteroatoms. The molecule has 4 rings (SSSR count). The van der Waals surface area contributed by atoms with E-state index in [0.29, 0.717) is 38.4 Å². The second-order valence-electron chi connectivity index (χ2n) is 5.65. The Morgan fingerprint density at radius 2 is 1.93 bits per heavy atom. The Bertz CT molecular complexity index is 1180. The molecule has 0 amide bonds. The van der Waals surface area contributed by atoms with Gasteiger partial charge < -0.3 is 10.7 Å². The minimum absolute atomic E-state index is 0.385. The maximum atomic E-state index is 9.96. The molecule has 0 atom stereocenters. The molecule has 4 aromatic rings. The van der Waals surface area contributed by atoms with Crippen molar-refractivity contribution >= 4 is 40.4 Å². The number of nitrogen functional groups attached to an aromatic ring is 1. The van der Waals surface area contributed by atoms with Gasteiger partial charge in [-0.2, -0.15) is 5.26 Å². The Morgan fingerprint density at radius 3 is 2.59 bits per heavy atom. The van der Waals surface area contributed by atoms with Gasteiger partial charge in [0.1, 0.15) is 17.7 Å². The van der Waals surface area contributed by atoms with E-state index in [9.17, 15) is 5.26 Å². The molecule has 3 aromatic heterocycles. The molecule has 132 valence electrons. The van der Waals surface area contributed by atoms with Gasteiger partial charge >= 0.3 is 0 Å². The van der Waals surface area contributed by atoms with E-state index in [1.54, 1.807) is 36.8 Å². The first-order valence-electron chi connectivity index (χ1n) is 7.82. The standard InChI is InChI=1S/C19H11Cl2N5S/c20-11-1-2-12(14(21)8-11)16-13(9-22)17(10-3-4-24-15(23)7-10)27-18(16)19-25-5-6-26-19/h1-8H,(H2,23,24)(H,25,26). The van der Waals surface area contributed by atoms with E-state index in [1.807, 2.05) is 12.1 Å². The highest BCUT2D eigenvalue weighted by Crippen LogP contribution is 2.48.